The van der Waals surface area contributed by atoms with E-state index in [9.17, 15) is 9.90 Å². The maximum atomic E-state index is 13.0. The molecule has 5 aliphatic rings. The van der Waals surface area contributed by atoms with Crippen LogP contribution in [0.25, 0.3) is 0 Å². The van der Waals surface area contributed by atoms with E-state index < -0.39 is 0 Å². The Bertz CT molecular complexity index is 863. The van der Waals surface area contributed by atoms with Gasteiger partial charge in [-0.3, -0.25) is 4.79 Å². The molecular weight excluding hydrogens is 406 g/mol. The smallest absolute Gasteiger partial charge is 0.223 e. The highest BCUT2D eigenvalue weighted by Crippen LogP contribution is 2.77. The van der Waals surface area contributed by atoms with E-state index in [0.717, 1.165) is 38.5 Å². The van der Waals surface area contributed by atoms with Crippen LogP contribution in [-0.2, 0) is 4.79 Å². The molecule has 1 amide bonds. The molecule has 0 heterocycles. The summed E-state index contributed by atoms with van der Waals surface area (Å²) in [6, 6.07) is 0. The van der Waals surface area contributed by atoms with Crippen LogP contribution < -0.4 is 5.73 Å². The van der Waals surface area contributed by atoms with Crippen LogP contribution >= 0.6 is 0 Å². The molecule has 33 heavy (non-hydrogen) atoms. The quantitative estimate of drug-likeness (QED) is 0.467. The normalized spacial score (nSPS) is 55.0. The van der Waals surface area contributed by atoms with Crippen molar-refractivity contribution >= 4 is 5.91 Å². The first-order chi connectivity index (χ1) is 15.3. The first-order valence-electron chi connectivity index (χ1n) is 13.9. The lowest BCUT2D eigenvalue weighted by atomic mass is 9.32. The van der Waals surface area contributed by atoms with Gasteiger partial charge in [-0.25, -0.2) is 0 Å². The van der Waals surface area contributed by atoms with Gasteiger partial charge in [0, 0.05) is 0 Å². The van der Waals surface area contributed by atoms with Gasteiger partial charge < -0.3 is 10.8 Å². The average Bonchev–Trinajstić information content (AvgIpc) is 3.13. The van der Waals surface area contributed by atoms with Gasteiger partial charge in [-0.1, -0.05) is 46.8 Å². The molecule has 5 fully saturated rings. The van der Waals surface area contributed by atoms with Crippen molar-refractivity contribution in [3.63, 3.8) is 0 Å². The maximum absolute atomic E-state index is 13.0. The number of hydrogen-bond donors (Lipinski definition) is 2. The van der Waals surface area contributed by atoms with Crippen molar-refractivity contribution < 1.29 is 9.90 Å². The second-order valence-corrected chi connectivity index (χ2v) is 14.6. The molecule has 3 N–H and O–H groups in total. The number of primary amides is 1. The van der Waals surface area contributed by atoms with Gasteiger partial charge in [0.2, 0.25) is 5.91 Å². The van der Waals surface area contributed by atoms with Crippen molar-refractivity contribution in [1.82, 2.24) is 0 Å². The summed E-state index contributed by atoms with van der Waals surface area (Å²) >= 11 is 0. The molecule has 186 valence electrons. The predicted octanol–water partition coefficient (Wildman–Crippen LogP) is 6.49. The van der Waals surface area contributed by atoms with E-state index in [1.807, 2.05) is 0 Å². The summed E-state index contributed by atoms with van der Waals surface area (Å²) in [6.07, 6.45) is 11.1. The van der Waals surface area contributed by atoms with E-state index >= 15 is 0 Å². The third kappa shape index (κ3) is 2.75. The number of hydrogen-bond acceptors (Lipinski definition) is 2. The minimum Gasteiger partial charge on any atom is -0.393 e. The van der Waals surface area contributed by atoms with Crippen LogP contribution in [0.2, 0.25) is 0 Å². The van der Waals surface area contributed by atoms with Crippen molar-refractivity contribution in [1.29, 1.82) is 0 Å². The largest absolute Gasteiger partial charge is 0.393 e. The van der Waals surface area contributed by atoms with Gasteiger partial charge in [0.25, 0.3) is 0 Å². The summed E-state index contributed by atoms with van der Waals surface area (Å²) in [7, 11) is 0. The third-order valence-corrected chi connectivity index (χ3v) is 13.5. The third-order valence-electron chi connectivity index (χ3n) is 13.5. The number of rotatable bonds is 2. The van der Waals surface area contributed by atoms with E-state index in [1.54, 1.807) is 0 Å². The molecule has 0 radical (unpaired) electrons. The number of fused-ring (bicyclic) bond motifs is 7. The molecule has 0 aromatic rings. The lowest BCUT2D eigenvalue weighted by Crippen LogP contribution is -2.67. The number of carbonyl (C=O) groups is 1. The molecule has 0 aromatic carbocycles. The second kappa shape index (κ2) is 7.11. The zero-order valence-corrected chi connectivity index (χ0v) is 22.2. The van der Waals surface area contributed by atoms with Crippen LogP contribution in [0.15, 0.2) is 12.2 Å². The number of amides is 1. The molecule has 0 saturated heterocycles. The molecule has 3 nitrogen and oxygen atoms in total. The molecule has 3 heteroatoms. The van der Waals surface area contributed by atoms with E-state index in [0.29, 0.717) is 35.0 Å². The zero-order valence-electron chi connectivity index (χ0n) is 22.2. The standard InChI is InChI=1S/C30H49NO2/c1-18(2)19-10-15-30(25(31)33)17-16-28(6)20(24(19)30)8-9-22-27(5)13-12-23(32)26(3,4)21(27)11-14-29(22,28)7/h19-24,32H,1,8-17H2,2-7H3,(H2,31,33)/t19-,20+,21-,22+,23-,24+,27-,28+,29+,30-/m0/s1. The lowest BCUT2D eigenvalue weighted by molar-refractivity contribution is -0.246. The Morgan fingerprint density at radius 1 is 0.848 bits per heavy atom. The van der Waals surface area contributed by atoms with Crippen LogP contribution in [0.5, 0.6) is 0 Å². The maximum Gasteiger partial charge on any atom is 0.223 e. The lowest BCUT2D eigenvalue weighted by Gasteiger charge is -2.72. The molecule has 0 aliphatic heterocycles. The molecule has 5 saturated carbocycles. The highest BCUT2D eigenvalue weighted by Gasteiger charge is 2.71. The van der Waals surface area contributed by atoms with Gasteiger partial charge >= 0.3 is 0 Å². The SMILES string of the molecule is C=C(C)[C@@H]1CC[C@]2(C(N)=O)CC[C@]3(C)[C@H](CC[C@@H]4[C@@]5(C)CC[C@H](O)C(C)(C)[C@@H]5CC[C@]43C)[C@@H]12. The van der Waals surface area contributed by atoms with E-state index in [2.05, 4.69) is 48.1 Å². The number of aliphatic hydroxyl groups excluding tert-OH is 1. The molecule has 0 spiro atoms. The van der Waals surface area contributed by atoms with Gasteiger partial charge in [-0.15, -0.1) is 0 Å². The van der Waals surface area contributed by atoms with Gasteiger partial charge in [-0.05, 0) is 122 Å². The van der Waals surface area contributed by atoms with Gasteiger partial charge in [0.15, 0.2) is 0 Å². The fraction of sp³-hybridized carbons (Fsp3) is 0.900. The van der Waals surface area contributed by atoms with Crippen LogP contribution in [0, 0.1) is 56.7 Å². The topological polar surface area (TPSA) is 63.3 Å². The first kappa shape index (κ1) is 23.9. The first-order valence-corrected chi connectivity index (χ1v) is 13.9. The molecule has 0 aromatic heterocycles. The highest BCUT2D eigenvalue weighted by atomic mass is 16.3. The number of carbonyl (C=O) groups excluding carboxylic acids is 1. The van der Waals surface area contributed by atoms with Gasteiger partial charge in [0.05, 0.1) is 11.5 Å². The average molecular weight is 456 g/mol. The molecule has 10 atom stereocenters. The van der Waals surface area contributed by atoms with Crippen molar-refractivity contribution in [2.75, 3.05) is 0 Å². The summed E-state index contributed by atoms with van der Waals surface area (Å²) < 4.78 is 0. The Labute approximate surface area is 202 Å². The number of nitrogens with two attached hydrogens (primary N) is 1. The molecular formula is C30H49NO2. The zero-order chi connectivity index (χ0) is 24.2. The minimum absolute atomic E-state index is 0.00370. The number of aliphatic hydroxyl groups is 1. The summed E-state index contributed by atoms with van der Waals surface area (Å²) in [5.74, 6) is 2.63. The Balaban J connectivity index is 1.57. The summed E-state index contributed by atoms with van der Waals surface area (Å²) in [5.41, 5.74) is 7.96. The summed E-state index contributed by atoms with van der Waals surface area (Å²) in [5, 5.41) is 10.9. The van der Waals surface area contributed by atoms with Crippen molar-refractivity contribution in [3.05, 3.63) is 12.2 Å². The Hall–Kier alpha value is -0.830. The summed E-state index contributed by atoms with van der Waals surface area (Å²) in [6.45, 7) is 19.0. The van der Waals surface area contributed by atoms with Crippen LogP contribution in [0.3, 0.4) is 0 Å². The second-order valence-electron chi connectivity index (χ2n) is 14.6. The Morgan fingerprint density at radius 2 is 1.55 bits per heavy atom. The van der Waals surface area contributed by atoms with E-state index in [4.69, 9.17) is 5.73 Å². The fourth-order valence-corrected chi connectivity index (χ4v) is 11.6. The van der Waals surface area contributed by atoms with Crippen LogP contribution in [0.1, 0.15) is 106 Å². The summed E-state index contributed by atoms with van der Waals surface area (Å²) in [4.78, 5) is 13.0. The van der Waals surface area contributed by atoms with E-state index in [-0.39, 0.29) is 33.7 Å². The molecule has 5 aliphatic carbocycles. The van der Waals surface area contributed by atoms with Crippen molar-refractivity contribution in [2.24, 2.45) is 62.4 Å². The van der Waals surface area contributed by atoms with Crippen molar-refractivity contribution in [3.8, 4) is 0 Å². The Morgan fingerprint density at radius 3 is 2.18 bits per heavy atom. The monoisotopic (exact) mass is 455 g/mol. The Kier molecular flexibility index (Phi) is 5.15. The highest BCUT2D eigenvalue weighted by molar-refractivity contribution is 5.82. The number of allylic oxidation sites excluding steroid dienone is 1. The fourth-order valence-electron chi connectivity index (χ4n) is 11.6. The van der Waals surface area contributed by atoms with Crippen LogP contribution in [-0.4, -0.2) is 17.1 Å². The van der Waals surface area contributed by atoms with Gasteiger partial charge in [0.1, 0.15) is 0 Å². The predicted molar refractivity (Wildman–Crippen MR) is 134 cm³/mol. The minimum atomic E-state index is -0.310. The molecule has 0 unspecified atom stereocenters. The van der Waals surface area contributed by atoms with Crippen molar-refractivity contribution in [2.45, 2.75) is 112 Å². The van der Waals surface area contributed by atoms with Gasteiger partial charge in [-0.2, -0.15) is 0 Å². The molecule has 5 rings (SSSR count). The molecule has 0 bridgehead atoms. The van der Waals surface area contributed by atoms with E-state index in [1.165, 1.54) is 31.3 Å². The van der Waals surface area contributed by atoms with Crippen LogP contribution in [0.4, 0.5) is 0 Å².